The van der Waals surface area contributed by atoms with Crippen LogP contribution in [0.1, 0.15) is 43.0 Å². The number of rotatable bonds is 5. The van der Waals surface area contributed by atoms with Crippen molar-refractivity contribution in [2.75, 3.05) is 5.32 Å². The number of hydrogen-bond donors (Lipinski definition) is 1. The molecule has 4 nitrogen and oxygen atoms in total. The second-order valence-electron chi connectivity index (χ2n) is 9.35. The molecule has 0 aliphatic heterocycles. The molecule has 35 heavy (non-hydrogen) atoms. The van der Waals surface area contributed by atoms with Crippen molar-refractivity contribution >= 4 is 27.9 Å². The molecule has 0 saturated heterocycles. The lowest BCUT2D eigenvalue weighted by Gasteiger charge is -2.19. The highest BCUT2D eigenvalue weighted by Gasteiger charge is 2.14. The Hall–Kier alpha value is -4.49. The third kappa shape index (κ3) is 5.72. The predicted molar refractivity (Wildman–Crippen MR) is 143 cm³/mol. The summed E-state index contributed by atoms with van der Waals surface area (Å²) in [6.45, 7) is 6.55. The Labute approximate surface area is 206 Å². The summed E-state index contributed by atoms with van der Waals surface area (Å²) in [6.07, 6.45) is 8.65. The normalized spacial score (nSPS) is 12.0. The first-order chi connectivity index (χ1) is 16.8. The van der Waals surface area contributed by atoms with Gasteiger partial charge in [-0.15, -0.1) is 0 Å². The van der Waals surface area contributed by atoms with Crippen LogP contribution in [-0.2, 0) is 10.2 Å². The number of amides is 1. The van der Waals surface area contributed by atoms with Crippen LogP contribution in [0.2, 0.25) is 0 Å². The lowest BCUT2D eigenvalue weighted by atomic mass is 9.85. The van der Waals surface area contributed by atoms with Crippen LogP contribution in [0, 0.1) is 11.3 Å². The molecule has 1 amide bonds. The van der Waals surface area contributed by atoms with E-state index in [0.717, 1.165) is 33.2 Å². The number of nitrogens with zero attached hydrogens (tertiary/aromatic N) is 2. The largest absolute Gasteiger partial charge is 0.322 e. The van der Waals surface area contributed by atoms with E-state index >= 15 is 0 Å². The first kappa shape index (κ1) is 23.7. The van der Waals surface area contributed by atoms with Gasteiger partial charge in [0, 0.05) is 34.9 Å². The number of benzene rings is 3. The Morgan fingerprint density at radius 3 is 2.49 bits per heavy atom. The van der Waals surface area contributed by atoms with Gasteiger partial charge in [0.25, 0.3) is 0 Å². The minimum absolute atomic E-state index is 0.0544. The number of carbonyl (C=O) groups is 1. The first-order valence-electron chi connectivity index (χ1n) is 11.5. The number of nitrogens with one attached hydrogen (secondary N) is 1. The van der Waals surface area contributed by atoms with Crippen LogP contribution in [0.5, 0.6) is 0 Å². The summed E-state index contributed by atoms with van der Waals surface area (Å²) in [4.78, 5) is 16.8. The molecule has 0 saturated carbocycles. The fraction of sp³-hybridized carbons (Fsp3) is 0.129. The number of pyridine rings is 1. The first-order valence-corrected chi connectivity index (χ1v) is 11.5. The monoisotopic (exact) mass is 457 g/mol. The molecule has 0 unspecified atom stereocenters. The number of carbonyl (C=O) groups excluding carboxylic acids is 1. The van der Waals surface area contributed by atoms with Crippen LogP contribution >= 0.6 is 0 Å². The SMILES string of the molecule is CC(C)(C)c1ccc(C(=CC=CC(=O)Nc2cccc3cnccc23)c2cccc(C#N)c2)cc1. The molecular weight excluding hydrogens is 430 g/mol. The van der Waals surface area contributed by atoms with Crippen molar-refractivity contribution in [2.24, 2.45) is 0 Å². The van der Waals surface area contributed by atoms with Crippen LogP contribution < -0.4 is 5.32 Å². The Morgan fingerprint density at radius 1 is 0.971 bits per heavy atom. The van der Waals surface area contributed by atoms with Crippen molar-refractivity contribution in [3.05, 3.63) is 126 Å². The van der Waals surface area contributed by atoms with Gasteiger partial charge in [-0.05, 0) is 51.9 Å². The smallest absolute Gasteiger partial charge is 0.248 e. The standard InChI is InChI=1S/C31H27N3O/c1-31(2,3)26-15-13-23(14-16-26)27(24-8-4-7-22(19-24)20-32)10-6-12-30(35)34-29-11-5-9-25-21-33-18-17-28(25)29/h4-19,21H,1-3H3,(H,34,35). The molecule has 0 bridgehead atoms. The molecule has 0 atom stereocenters. The molecule has 4 aromatic rings. The Bertz CT molecular complexity index is 1460. The summed E-state index contributed by atoms with van der Waals surface area (Å²) in [5.41, 5.74) is 5.49. The minimum Gasteiger partial charge on any atom is -0.322 e. The van der Waals surface area contributed by atoms with Gasteiger partial charge in [0.1, 0.15) is 0 Å². The molecule has 4 rings (SSSR count). The summed E-state index contributed by atoms with van der Waals surface area (Å²) in [5.74, 6) is -0.223. The Kier molecular flexibility index (Phi) is 6.89. The van der Waals surface area contributed by atoms with Crippen molar-refractivity contribution in [1.29, 1.82) is 5.26 Å². The molecule has 3 aromatic carbocycles. The van der Waals surface area contributed by atoms with Crippen molar-refractivity contribution in [2.45, 2.75) is 26.2 Å². The molecule has 4 heteroatoms. The maximum Gasteiger partial charge on any atom is 0.248 e. The van der Waals surface area contributed by atoms with E-state index in [1.165, 1.54) is 11.6 Å². The van der Waals surface area contributed by atoms with E-state index in [1.54, 1.807) is 24.5 Å². The third-order valence-corrected chi connectivity index (χ3v) is 5.81. The highest BCUT2D eigenvalue weighted by molar-refractivity contribution is 6.06. The van der Waals surface area contributed by atoms with E-state index in [1.807, 2.05) is 48.5 Å². The summed E-state index contributed by atoms with van der Waals surface area (Å²) in [7, 11) is 0. The fourth-order valence-corrected chi connectivity index (χ4v) is 3.90. The van der Waals surface area contributed by atoms with Gasteiger partial charge in [-0.3, -0.25) is 9.78 Å². The highest BCUT2D eigenvalue weighted by Crippen LogP contribution is 2.28. The van der Waals surface area contributed by atoms with Crippen molar-refractivity contribution < 1.29 is 4.79 Å². The molecule has 0 aliphatic rings. The number of nitriles is 1. The lowest BCUT2D eigenvalue weighted by molar-refractivity contribution is -0.111. The molecule has 1 heterocycles. The van der Waals surface area contributed by atoms with Crippen LogP contribution in [0.3, 0.4) is 0 Å². The van der Waals surface area contributed by atoms with E-state index in [9.17, 15) is 10.1 Å². The molecule has 0 radical (unpaired) electrons. The molecular formula is C31H27N3O. The molecule has 0 fully saturated rings. The second-order valence-corrected chi connectivity index (χ2v) is 9.35. The van der Waals surface area contributed by atoms with Gasteiger partial charge < -0.3 is 5.32 Å². The van der Waals surface area contributed by atoms with Gasteiger partial charge >= 0.3 is 0 Å². The second kappa shape index (κ2) is 10.2. The fourth-order valence-electron chi connectivity index (χ4n) is 3.90. The van der Waals surface area contributed by atoms with E-state index in [2.05, 4.69) is 61.4 Å². The van der Waals surface area contributed by atoms with Crippen LogP contribution in [0.4, 0.5) is 5.69 Å². The molecule has 172 valence electrons. The van der Waals surface area contributed by atoms with Gasteiger partial charge in [-0.25, -0.2) is 0 Å². The molecule has 1 aromatic heterocycles. The van der Waals surface area contributed by atoms with Crippen molar-refractivity contribution in [1.82, 2.24) is 4.98 Å². The number of hydrogen-bond acceptors (Lipinski definition) is 3. The summed E-state index contributed by atoms with van der Waals surface area (Å²) in [5, 5.41) is 14.2. The summed E-state index contributed by atoms with van der Waals surface area (Å²) in [6, 6.07) is 25.7. The minimum atomic E-state index is -0.223. The van der Waals surface area contributed by atoms with Crippen molar-refractivity contribution in [3.63, 3.8) is 0 Å². The molecule has 0 spiro atoms. The molecule has 1 N–H and O–H groups in total. The highest BCUT2D eigenvalue weighted by atomic mass is 16.1. The lowest BCUT2D eigenvalue weighted by Crippen LogP contribution is -2.10. The van der Waals surface area contributed by atoms with Gasteiger partial charge in [-0.1, -0.05) is 81.5 Å². The quantitative estimate of drug-likeness (QED) is 0.258. The Morgan fingerprint density at radius 2 is 1.74 bits per heavy atom. The van der Waals surface area contributed by atoms with Gasteiger partial charge in [0.05, 0.1) is 11.6 Å². The zero-order valence-electron chi connectivity index (χ0n) is 20.1. The van der Waals surface area contributed by atoms with E-state index in [0.29, 0.717) is 5.56 Å². The summed E-state index contributed by atoms with van der Waals surface area (Å²) < 4.78 is 0. The van der Waals surface area contributed by atoms with Crippen molar-refractivity contribution in [3.8, 4) is 6.07 Å². The number of fused-ring (bicyclic) bond motifs is 1. The number of anilines is 1. The average Bonchev–Trinajstić information content (AvgIpc) is 2.86. The Balaban J connectivity index is 1.64. The van der Waals surface area contributed by atoms with E-state index in [4.69, 9.17) is 0 Å². The maximum absolute atomic E-state index is 12.7. The van der Waals surface area contributed by atoms with Gasteiger partial charge in [0.2, 0.25) is 5.91 Å². The number of allylic oxidation sites excluding steroid dienone is 2. The van der Waals surface area contributed by atoms with Crippen LogP contribution in [-0.4, -0.2) is 10.9 Å². The topological polar surface area (TPSA) is 65.8 Å². The third-order valence-electron chi connectivity index (χ3n) is 5.81. The molecule has 0 aliphatic carbocycles. The zero-order valence-corrected chi connectivity index (χ0v) is 20.1. The predicted octanol–water partition coefficient (Wildman–Crippen LogP) is 7.03. The van der Waals surface area contributed by atoms with Crippen LogP contribution in [0.25, 0.3) is 16.3 Å². The van der Waals surface area contributed by atoms with Gasteiger partial charge in [0.15, 0.2) is 0 Å². The zero-order chi connectivity index (χ0) is 24.8. The van der Waals surface area contributed by atoms with Crippen LogP contribution in [0.15, 0.2) is 103 Å². The average molecular weight is 458 g/mol. The van der Waals surface area contributed by atoms with Gasteiger partial charge in [-0.2, -0.15) is 5.26 Å². The van der Waals surface area contributed by atoms with E-state index in [-0.39, 0.29) is 11.3 Å². The van der Waals surface area contributed by atoms with E-state index < -0.39 is 0 Å². The number of aromatic nitrogens is 1. The summed E-state index contributed by atoms with van der Waals surface area (Å²) >= 11 is 0. The maximum atomic E-state index is 12.7.